The molecule has 0 unspecified atom stereocenters. The molecule has 0 saturated carbocycles. The monoisotopic (exact) mass is 98.0 g/mol. The van der Waals surface area contributed by atoms with Crippen molar-refractivity contribution in [2.45, 2.75) is 0 Å². The average molecular weight is 98.1 g/mol. The molecule has 7 heavy (non-hydrogen) atoms. The average Bonchev–Trinajstić information content (AvgIpc) is 1.87. The first-order valence-electron chi connectivity index (χ1n) is 1.74. The Morgan fingerprint density at radius 2 is 2.43 bits per heavy atom. The Hall–Kier alpha value is -1.13. The lowest BCUT2D eigenvalue weighted by Gasteiger charge is -1.73. The molecule has 1 radical (unpaired) electrons. The number of nitrogens with one attached hydrogen (secondary N) is 1. The van der Waals surface area contributed by atoms with E-state index in [2.05, 4.69) is 15.4 Å². The van der Waals surface area contributed by atoms with E-state index in [1.807, 2.05) is 0 Å². The van der Waals surface area contributed by atoms with Crippen molar-refractivity contribution in [1.82, 2.24) is 25.9 Å². The highest BCUT2D eigenvalue weighted by Gasteiger charge is 1.87. The van der Waals surface area contributed by atoms with Crippen molar-refractivity contribution in [2.75, 3.05) is 0 Å². The van der Waals surface area contributed by atoms with E-state index in [1.54, 1.807) is 7.05 Å². The second-order valence-corrected chi connectivity index (χ2v) is 1.10. The van der Waals surface area contributed by atoms with Gasteiger partial charge in [0.2, 0.25) is 0 Å². The van der Waals surface area contributed by atoms with E-state index in [0.717, 1.165) is 0 Å². The highest BCUT2D eigenvalue weighted by atomic mass is 15.6. The SMILES string of the molecule is Cn1nnc([NH])n1. The van der Waals surface area contributed by atoms with Crippen molar-refractivity contribution >= 4 is 5.95 Å². The first-order chi connectivity index (χ1) is 3.29. The summed E-state index contributed by atoms with van der Waals surface area (Å²) in [6.07, 6.45) is 0. The third kappa shape index (κ3) is 0.648. The topological polar surface area (TPSA) is 67.4 Å². The number of tetrazole rings is 1. The molecule has 0 bridgehead atoms. The zero-order valence-electron chi connectivity index (χ0n) is 3.79. The molecule has 0 atom stereocenters. The summed E-state index contributed by atoms with van der Waals surface area (Å²) in [6, 6.07) is 0. The van der Waals surface area contributed by atoms with Gasteiger partial charge in [0.15, 0.2) is 0 Å². The van der Waals surface area contributed by atoms with Gasteiger partial charge >= 0.3 is 0 Å². The van der Waals surface area contributed by atoms with E-state index in [-0.39, 0.29) is 5.95 Å². The minimum Gasteiger partial charge on any atom is -0.263 e. The Bertz CT molecular complexity index is 138. The molecule has 1 heterocycles. The maximum absolute atomic E-state index is 6.71. The maximum Gasteiger partial charge on any atom is 0.281 e. The van der Waals surface area contributed by atoms with Crippen molar-refractivity contribution in [3.05, 3.63) is 0 Å². The zero-order chi connectivity index (χ0) is 5.28. The largest absolute Gasteiger partial charge is 0.281 e. The normalized spacial score (nSPS) is 9.29. The van der Waals surface area contributed by atoms with Gasteiger partial charge in [-0.2, -0.15) is 4.80 Å². The predicted octanol–water partition coefficient (Wildman–Crippen LogP) is -0.876. The minimum absolute atomic E-state index is 0.0394. The molecule has 0 amide bonds. The van der Waals surface area contributed by atoms with E-state index in [4.69, 9.17) is 5.73 Å². The molecule has 0 aliphatic rings. The van der Waals surface area contributed by atoms with Crippen molar-refractivity contribution in [3.63, 3.8) is 0 Å². The van der Waals surface area contributed by atoms with Crippen molar-refractivity contribution in [2.24, 2.45) is 7.05 Å². The highest BCUT2D eigenvalue weighted by molar-refractivity contribution is 4.98. The van der Waals surface area contributed by atoms with Crippen LogP contribution in [-0.2, 0) is 7.05 Å². The van der Waals surface area contributed by atoms with E-state index in [0.29, 0.717) is 0 Å². The molecule has 0 aliphatic carbocycles. The third-order valence-corrected chi connectivity index (χ3v) is 0.508. The van der Waals surface area contributed by atoms with Crippen LogP contribution >= 0.6 is 0 Å². The number of rotatable bonds is 0. The molecule has 1 rings (SSSR count). The van der Waals surface area contributed by atoms with Gasteiger partial charge in [-0.3, -0.25) is 5.73 Å². The van der Waals surface area contributed by atoms with Crippen LogP contribution in [-0.4, -0.2) is 20.2 Å². The Labute approximate surface area is 40.1 Å². The second-order valence-electron chi connectivity index (χ2n) is 1.10. The van der Waals surface area contributed by atoms with Crippen molar-refractivity contribution < 1.29 is 0 Å². The molecular weight excluding hydrogens is 94.1 g/mol. The van der Waals surface area contributed by atoms with Crippen LogP contribution in [0.3, 0.4) is 0 Å². The van der Waals surface area contributed by atoms with Gasteiger partial charge in [-0.15, -0.1) is 5.10 Å². The second kappa shape index (κ2) is 1.18. The third-order valence-electron chi connectivity index (χ3n) is 0.508. The van der Waals surface area contributed by atoms with Gasteiger partial charge in [0, 0.05) is 0 Å². The van der Waals surface area contributed by atoms with Gasteiger partial charge in [-0.05, 0) is 5.21 Å². The van der Waals surface area contributed by atoms with Crippen molar-refractivity contribution in [1.29, 1.82) is 0 Å². The van der Waals surface area contributed by atoms with Crippen LogP contribution in [0.2, 0.25) is 0 Å². The van der Waals surface area contributed by atoms with E-state index in [1.165, 1.54) is 4.80 Å². The van der Waals surface area contributed by atoms with Crippen LogP contribution in [0.5, 0.6) is 0 Å². The van der Waals surface area contributed by atoms with Gasteiger partial charge < -0.3 is 0 Å². The Morgan fingerprint density at radius 1 is 1.71 bits per heavy atom. The summed E-state index contributed by atoms with van der Waals surface area (Å²) in [7, 11) is 1.62. The van der Waals surface area contributed by atoms with Crippen LogP contribution in [0, 0.1) is 0 Å². The molecular formula is C2H4N5. The summed E-state index contributed by atoms with van der Waals surface area (Å²) in [5.41, 5.74) is 6.71. The zero-order valence-corrected chi connectivity index (χ0v) is 3.79. The molecule has 0 spiro atoms. The Balaban J connectivity index is 3.04. The van der Waals surface area contributed by atoms with Crippen LogP contribution in [0.15, 0.2) is 0 Å². The number of hydrogen-bond acceptors (Lipinski definition) is 3. The quantitative estimate of drug-likeness (QED) is 0.423. The molecule has 5 heteroatoms. The molecule has 37 valence electrons. The number of aryl methyl sites for hydroxylation is 1. The molecule has 0 aromatic carbocycles. The molecule has 1 aromatic rings. The van der Waals surface area contributed by atoms with Gasteiger partial charge in [-0.25, -0.2) is 0 Å². The fraction of sp³-hybridized carbons (Fsp3) is 0.500. The Kier molecular flexibility index (Phi) is 0.680. The molecule has 5 nitrogen and oxygen atoms in total. The van der Waals surface area contributed by atoms with Gasteiger partial charge in [0.25, 0.3) is 5.95 Å². The maximum atomic E-state index is 6.71. The van der Waals surface area contributed by atoms with Crippen LogP contribution in [0.4, 0.5) is 5.95 Å². The lowest BCUT2D eigenvalue weighted by atomic mass is 11.2. The lowest BCUT2D eigenvalue weighted by Crippen LogP contribution is -1.91. The standard InChI is InChI=1S/C2H4N5/c1-7-5-2(3)4-6-7/h3H,1H3. The lowest BCUT2D eigenvalue weighted by molar-refractivity contribution is 0.630. The van der Waals surface area contributed by atoms with Gasteiger partial charge in [-0.1, -0.05) is 5.10 Å². The fourth-order valence-electron chi connectivity index (χ4n) is 0.284. The Morgan fingerprint density at radius 3 is 2.57 bits per heavy atom. The minimum atomic E-state index is -0.0394. The van der Waals surface area contributed by atoms with Crippen molar-refractivity contribution in [3.8, 4) is 0 Å². The van der Waals surface area contributed by atoms with Crippen LogP contribution in [0.1, 0.15) is 0 Å². The first-order valence-corrected chi connectivity index (χ1v) is 1.74. The van der Waals surface area contributed by atoms with E-state index < -0.39 is 0 Å². The smallest absolute Gasteiger partial charge is 0.263 e. The summed E-state index contributed by atoms with van der Waals surface area (Å²) in [4.78, 5) is 1.24. The number of hydrogen-bond donors (Lipinski definition) is 0. The fourth-order valence-corrected chi connectivity index (χ4v) is 0.284. The predicted molar refractivity (Wildman–Crippen MR) is 21.6 cm³/mol. The van der Waals surface area contributed by atoms with E-state index >= 15 is 0 Å². The molecule has 0 aliphatic heterocycles. The molecule has 1 N–H and O–H groups in total. The van der Waals surface area contributed by atoms with Crippen LogP contribution < -0.4 is 5.73 Å². The summed E-state index contributed by atoms with van der Waals surface area (Å²) in [5, 5.41) is 10.1. The van der Waals surface area contributed by atoms with Crippen LogP contribution in [0.25, 0.3) is 0 Å². The first kappa shape index (κ1) is 4.04. The summed E-state index contributed by atoms with van der Waals surface area (Å²) >= 11 is 0. The highest BCUT2D eigenvalue weighted by Crippen LogP contribution is 1.81. The van der Waals surface area contributed by atoms with Gasteiger partial charge in [0.05, 0.1) is 7.05 Å². The summed E-state index contributed by atoms with van der Waals surface area (Å²) in [5.74, 6) is -0.0394. The molecule has 1 aromatic heterocycles. The van der Waals surface area contributed by atoms with E-state index in [9.17, 15) is 0 Å². The summed E-state index contributed by atoms with van der Waals surface area (Å²) in [6.45, 7) is 0. The number of nitrogens with zero attached hydrogens (tertiary/aromatic N) is 4. The summed E-state index contributed by atoms with van der Waals surface area (Å²) < 4.78 is 0. The van der Waals surface area contributed by atoms with Gasteiger partial charge in [0.1, 0.15) is 0 Å². The molecule has 0 fully saturated rings. The number of aromatic nitrogens is 4. The molecule has 0 saturated heterocycles.